The predicted molar refractivity (Wildman–Crippen MR) is 52.7 cm³/mol. The number of carbonyl (C=O) groups excluding carboxylic acids is 1. The lowest BCUT2D eigenvalue weighted by atomic mass is 10.0. The van der Waals surface area contributed by atoms with Gasteiger partial charge >= 0.3 is 0 Å². The summed E-state index contributed by atoms with van der Waals surface area (Å²) in [7, 11) is 0. The summed E-state index contributed by atoms with van der Waals surface area (Å²) in [5.41, 5.74) is 5.88. The number of rotatable bonds is 2. The van der Waals surface area contributed by atoms with Gasteiger partial charge in [-0.15, -0.1) is 5.10 Å². The molecule has 0 saturated carbocycles. The molecule has 0 fully saturated rings. The molecular formula is C9H8N4O2. The first-order chi connectivity index (χ1) is 7.18. The Morgan fingerprint density at radius 3 is 2.87 bits per heavy atom. The monoisotopic (exact) mass is 204 g/mol. The molecule has 1 atom stereocenters. The van der Waals surface area contributed by atoms with Crippen molar-refractivity contribution in [1.29, 1.82) is 0 Å². The Labute approximate surface area is 85.1 Å². The van der Waals surface area contributed by atoms with E-state index in [0.717, 1.165) is 0 Å². The van der Waals surface area contributed by atoms with E-state index < -0.39 is 5.91 Å². The van der Waals surface area contributed by atoms with Crippen LogP contribution in [0.3, 0.4) is 0 Å². The molecule has 1 aliphatic rings. The highest BCUT2D eigenvalue weighted by atomic mass is 16.3. The molecule has 15 heavy (non-hydrogen) atoms. The zero-order chi connectivity index (χ0) is 10.8. The number of hydrogen-bond acceptors (Lipinski definition) is 5. The number of carbonyl (C=O) groups is 1. The number of benzene rings is 1. The van der Waals surface area contributed by atoms with E-state index in [1.165, 1.54) is 18.3 Å². The second kappa shape index (κ2) is 3.49. The Bertz CT molecular complexity index is 455. The maximum atomic E-state index is 11.0. The van der Waals surface area contributed by atoms with E-state index in [2.05, 4.69) is 15.4 Å². The maximum Gasteiger partial charge on any atom is 0.252 e. The minimum absolute atomic E-state index is 0.0722. The molecule has 1 amide bonds. The van der Waals surface area contributed by atoms with Crippen molar-refractivity contribution in [3.05, 3.63) is 29.3 Å². The van der Waals surface area contributed by atoms with Gasteiger partial charge in [-0.3, -0.25) is 4.79 Å². The molecule has 6 nitrogen and oxygen atoms in total. The highest BCUT2D eigenvalue weighted by Gasteiger charge is 2.15. The topological polar surface area (TPSA) is 100 Å². The molecular weight excluding hydrogens is 196 g/mol. The minimum Gasteiger partial charge on any atom is -0.507 e. The van der Waals surface area contributed by atoms with Gasteiger partial charge in [-0.2, -0.15) is 5.11 Å². The van der Waals surface area contributed by atoms with Gasteiger partial charge in [0.2, 0.25) is 0 Å². The van der Waals surface area contributed by atoms with Crippen molar-refractivity contribution < 1.29 is 9.90 Å². The Hall–Kier alpha value is -2.24. The average molecular weight is 204 g/mol. The largest absolute Gasteiger partial charge is 0.507 e. The summed E-state index contributed by atoms with van der Waals surface area (Å²) in [6, 6.07) is 4.22. The molecule has 1 aromatic carbocycles. The molecule has 0 bridgehead atoms. The quantitative estimate of drug-likeness (QED) is 0.750. The Morgan fingerprint density at radius 2 is 2.27 bits per heavy atom. The molecule has 76 valence electrons. The van der Waals surface area contributed by atoms with E-state index in [1.807, 2.05) is 0 Å². The van der Waals surface area contributed by atoms with Gasteiger partial charge in [0, 0.05) is 0 Å². The summed E-state index contributed by atoms with van der Waals surface area (Å²) in [5.74, 6) is -0.820. The van der Waals surface area contributed by atoms with Crippen molar-refractivity contribution in [3.63, 3.8) is 0 Å². The summed E-state index contributed by atoms with van der Waals surface area (Å²) in [6.07, 6.45) is 1.54. The van der Waals surface area contributed by atoms with Crippen molar-refractivity contribution in [2.75, 3.05) is 0 Å². The molecule has 1 aliphatic heterocycles. The van der Waals surface area contributed by atoms with Crippen molar-refractivity contribution in [3.8, 4) is 5.75 Å². The van der Waals surface area contributed by atoms with Crippen molar-refractivity contribution in [2.45, 2.75) is 6.04 Å². The van der Waals surface area contributed by atoms with Crippen LogP contribution in [-0.4, -0.2) is 17.2 Å². The second-order valence-corrected chi connectivity index (χ2v) is 3.06. The van der Waals surface area contributed by atoms with Crippen LogP contribution in [0.2, 0.25) is 0 Å². The summed E-state index contributed by atoms with van der Waals surface area (Å²) >= 11 is 0. The van der Waals surface area contributed by atoms with Crippen LogP contribution >= 0.6 is 0 Å². The fourth-order valence-electron chi connectivity index (χ4n) is 1.30. The van der Waals surface area contributed by atoms with E-state index in [0.29, 0.717) is 5.56 Å². The average Bonchev–Trinajstić information content (AvgIpc) is 2.71. The number of nitrogens with zero attached hydrogens (tertiary/aromatic N) is 3. The lowest BCUT2D eigenvalue weighted by Gasteiger charge is -2.05. The fourth-order valence-corrected chi connectivity index (χ4v) is 1.30. The SMILES string of the molecule is NC(=O)c1cc(C2C=NN=N2)ccc1O. The van der Waals surface area contributed by atoms with Gasteiger partial charge in [0.15, 0.2) is 0 Å². The number of amides is 1. The van der Waals surface area contributed by atoms with Crippen LogP contribution < -0.4 is 5.73 Å². The summed E-state index contributed by atoms with van der Waals surface area (Å²) in [5, 5.41) is 20.2. The minimum atomic E-state index is -0.679. The van der Waals surface area contributed by atoms with Crippen LogP contribution in [0, 0.1) is 0 Å². The van der Waals surface area contributed by atoms with Gasteiger partial charge in [-0.25, -0.2) is 0 Å². The molecule has 0 spiro atoms. The fraction of sp³-hybridized carbons (Fsp3) is 0.111. The molecule has 3 N–H and O–H groups in total. The van der Waals surface area contributed by atoms with Crippen LogP contribution in [0.4, 0.5) is 0 Å². The highest BCUT2D eigenvalue weighted by Crippen LogP contribution is 2.25. The smallest absolute Gasteiger partial charge is 0.252 e. The first-order valence-corrected chi connectivity index (χ1v) is 4.24. The van der Waals surface area contributed by atoms with Crippen LogP contribution in [0.15, 0.2) is 33.6 Å². The van der Waals surface area contributed by atoms with Crippen LogP contribution in [0.25, 0.3) is 0 Å². The highest BCUT2D eigenvalue weighted by molar-refractivity contribution is 5.95. The zero-order valence-corrected chi connectivity index (χ0v) is 7.66. The van der Waals surface area contributed by atoms with E-state index in [-0.39, 0.29) is 17.4 Å². The van der Waals surface area contributed by atoms with Gasteiger partial charge in [0.1, 0.15) is 11.8 Å². The Kier molecular flexibility index (Phi) is 2.17. The molecule has 1 unspecified atom stereocenters. The molecule has 2 rings (SSSR count). The van der Waals surface area contributed by atoms with Gasteiger partial charge in [-0.1, -0.05) is 6.07 Å². The van der Waals surface area contributed by atoms with Crippen molar-refractivity contribution in [2.24, 2.45) is 21.2 Å². The first-order valence-electron chi connectivity index (χ1n) is 4.24. The van der Waals surface area contributed by atoms with E-state index in [4.69, 9.17) is 5.73 Å². The molecule has 0 aromatic heterocycles. The number of primary amides is 1. The summed E-state index contributed by atoms with van der Waals surface area (Å²) in [4.78, 5) is 11.0. The van der Waals surface area contributed by atoms with Gasteiger partial charge < -0.3 is 10.8 Å². The van der Waals surface area contributed by atoms with Gasteiger partial charge in [-0.05, 0) is 22.9 Å². The van der Waals surface area contributed by atoms with Crippen LogP contribution in [-0.2, 0) is 0 Å². The first kappa shape index (κ1) is 9.32. The zero-order valence-electron chi connectivity index (χ0n) is 7.66. The van der Waals surface area contributed by atoms with Crippen molar-refractivity contribution in [1.82, 2.24) is 0 Å². The lowest BCUT2D eigenvalue weighted by Crippen LogP contribution is -2.12. The predicted octanol–water partition coefficient (Wildman–Crippen LogP) is 0.984. The van der Waals surface area contributed by atoms with Gasteiger partial charge in [0.05, 0.1) is 11.8 Å². The van der Waals surface area contributed by atoms with E-state index in [9.17, 15) is 9.90 Å². The molecule has 1 heterocycles. The number of nitrogens with two attached hydrogens (primary N) is 1. The number of hydrogen-bond donors (Lipinski definition) is 2. The second-order valence-electron chi connectivity index (χ2n) is 3.06. The Balaban J connectivity index is 2.42. The molecule has 1 aromatic rings. The lowest BCUT2D eigenvalue weighted by molar-refractivity contribution is 0.0997. The number of aromatic hydroxyl groups is 1. The normalized spacial score (nSPS) is 18.3. The summed E-state index contributed by atoms with van der Waals surface area (Å²) in [6.45, 7) is 0. The van der Waals surface area contributed by atoms with Crippen LogP contribution in [0.5, 0.6) is 5.75 Å². The third-order valence-electron chi connectivity index (χ3n) is 2.06. The third-order valence-corrected chi connectivity index (χ3v) is 2.06. The van der Waals surface area contributed by atoms with Gasteiger partial charge in [0.25, 0.3) is 5.91 Å². The molecule has 6 heteroatoms. The maximum absolute atomic E-state index is 11.0. The third kappa shape index (κ3) is 1.69. The number of phenols is 1. The summed E-state index contributed by atoms with van der Waals surface area (Å²) < 4.78 is 0. The Morgan fingerprint density at radius 1 is 1.47 bits per heavy atom. The van der Waals surface area contributed by atoms with Crippen LogP contribution in [0.1, 0.15) is 22.0 Å². The molecule has 0 saturated heterocycles. The van der Waals surface area contributed by atoms with E-state index >= 15 is 0 Å². The molecule has 0 radical (unpaired) electrons. The van der Waals surface area contributed by atoms with E-state index in [1.54, 1.807) is 6.07 Å². The van der Waals surface area contributed by atoms with Crippen molar-refractivity contribution >= 4 is 12.1 Å². The standard InChI is InChI=1S/C9H8N4O2/c10-9(15)6-3-5(1-2-8(6)14)7-4-11-13-12-7/h1-4,7,14H,(H2,10,15). The molecule has 0 aliphatic carbocycles.